The van der Waals surface area contributed by atoms with E-state index in [2.05, 4.69) is 10.1 Å². The number of nitrogens with one attached hydrogen (secondary N) is 1. The Morgan fingerprint density at radius 1 is 0.933 bits per heavy atom. The highest BCUT2D eigenvalue weighted by atomic mass is 16.7. The van der Waals surface area contributed by atoms with E-state index in [1.54, 1.807) is 0 Å². The molecule has 0 aliphatic carbocycles. The molecular formula is C18H27NO11. The summed E-state index contributed by atoms with van der Waals surface area (Å²) in [5.74, 6) is -3.34. The van der Waals surface area contributed by atoms with Crippen LogP contribution in [0.5, 0.6) is 0 Å². The lowest BCUT2D eigenvalue weighted by atomic mass is 9.95. The molecule has 1 N–H and O–H groups in total. The van der Waals surface area contributed by atoms with Crippen molar-refractivity contribution in [3.05, 3.63) is 0 Å². The molecular weight excluding hydrogens is 406 g/mol. The molecule has 6 atom stereocenters. The van der Waals surface area contributed by atoms with Gasteiger partial charge in [-0.1, -0.05) is 0 Å². The summed E-state index contributed by atoms with van der Waals surface area (Å²) in [6.07, 6.45) is -6.08. The number of methoxy groups -OCH3 is 1. The van der Waals surface area contributed by atoms with Crippen molar-refractivity contribution in [1.82, 2.24) is 5.32 Å². The maximum atomic E-state index is 11.9. The van der Waals surface area contributed by atoms with Crippen molar-refractivity contribution in [1.29, 1.82) is 0 Å². The third-order valence-corrected chi connectivity index (χ3v) is 3.95. The van der Waals surface area contributed by atoms with Gasteiger partial charge in [0.05, 0.1) is 7.11 Å². The second kappa shape index (κ2) is 11.5. The molecule has 12 nitrogen and oxygen atoms in total. The fourth-order valence-electron chi connectivity index (χ4n) is 2.84. The van der Waals surface area contributed by atoms with Crippen LogP contribution in [0.15, 0.2) is 0 Å². The van der Waals surface area contributed by atoms with Gasteiger partial charge in [0.2, 0.25) is 12.2 Å². The van der Waals surface area contributed by atoms with Crippen LogP contribution >= 0.6 is 0 Å². The molecule has 0 spiro atoms. The summed E-state index contributed by atoms with van der Waals surface area (Å²) in [4.78, 5) is 58.1. The fourth-order valence-corrected chi connectivity index (χ4v) is 2.84. The van der Waals surface area contributed by atoms with Crippen LogP contribution in [-0.4, -0.2) is 80.2 Å². The third-order valence-electron chi connectivity index (χ3n) is 3.95. The number of ether oxygens (including phenoxy) is 6. The maximum Gasteiger partial charge on any atom is 0.334 e. The molecule has 0 aromatic heterocycles. The molecule has 0 unspecified atom stereocenters. The average Bonchev–Trinajstić information content (AvgIpc) is 2.62. The molecule has 30 heavy (non-hydrogen) atoms. The molecule has 1 fully saturated rings. The van der Waals surface area contributed by atoms with Gasteiger partial charge >= 0.3 is 23.9 Å². The zero-order valence-electron chi connectivity index (χ0n) is 17.7. The minimum Gasteiger partial charge on any atom is -0.467 e. The number of hydrogen-bond donors (Lipinski definition) is 1. The van der Waals surface area contributed by atoms with Crippen LogP contribution in [0.4, 0.5) is 0 Å². The number of hydrogen-bond acceptors (Lipinski definition) is 11. The van der Waals surface area contributed by atoms with Gasteiger partial charge in [0.15, 0.2) is 12.2 Å². The molecule has 170 valence electrons. The van der Waals surface area contributed by atoms with Crippen molar-refractivity contribution in [3.63, 3.8) is 0 Å². The average molecular weight is 433 g/mol. The molecule has 0 radical (unpaired) electrons. The Morgan fingerprint density at radius 2 is 1.53 bits per heavy atom. The van der Waals surface area contributed by atoms with Gasteiger partial charge in [-0.25, -0.2) is 4.79 Å². The Morgan fingerprint density at radius 3 is 2.00 bits per heavy atom. The van der Waals surface area contributed by atoms with Gasteiger partial charge in [0, 0.05) is 27.7 Å². The van der Waals surface area contributed by atoms with E-state index in [0.717, 1.165) is 21.0 Å². The topological polar surface area (TPSA) is 153 Å². The van der Waals surface area contributed by atoms with E-state index in [4.69, 9.17) is 23.7 Å². The number of esters is 4. The van der Waals surface area contributed by atoms with Crippen LogP contribution in [0, 0.1) is 0 Å². The van der Waals surface area contributed by atoms with Gasteiger partial charge in [-0.15, -0.1) is 0 Å². The molecule has 0 aromatic rings. The number of carbonyl (C=O) groups is 5. The van der Waals surface area contributed by atoms with Crippen LogP contribution in [0.2, 0.25) is 0 Å². The molecule has 12 heteroatoms. The second-order valence-corrected chi connectivity index (χ2v) is 6.52. The molecule has 1 aliphatic heterocycles. The Labute approximate surface area is 173 Å². The largest absolute Gasteiger partial charge is 0.467 e. The lowest BCUT2D eigenvalue weighted by molar-refractivity contribution is -0.278. The van der Waals surface area contributed by atoms with E-state index in [1.165, 1.54) is 20.8 Å². The van der Waals surface area contributed by atoms with Crippen molar-refractivity contribution in [3.8, 4) is 0 Å². The third kappa shape index (κ3) is 7.59. The smallest absolute Gasteiger partial charge is 0.334 e. The lowest BCUT2D eigenvalue weighted by Crippen LogP contribution is -2.67. The Hall–Kier alpha value is -2.73. The minimum absolute atomic E-state index is 0.371. The summed E-state index contributed by atoms with van der Waals surface area (Å²) in [5, 5.41) is 2.52. The van der Waals surface area contributed by atoms with Crippen LogP contribution in [0.3, 0.4) is 0 Å². The first-order valence-corrected chi connectivity index (χ1v) is 9.09. The minimum atomic E-state index is -1.38. The highest BCUT2D eigenvalue weighted by Gasteiger charge is 2.51. The van der Waals surface area contributed by atoms with Crippen molar-refractivity contribution >= 4 is 29.8 Å². The van der Waals surface area contributed by atoms with Crippen molar-refractivity contribution in [2.75, 3.05) is 13.7 Å². The van der Waals surface area contributed by atoms with Gasteiger partial charge in [0.1, 0.15) is 24.9 Å². The Bertz CT molecular complexity index is 665. The lowest BCUT2D eigenvalue weighted by Gasteiger charge is -2.45. The van der Waals surface area contributed by atoms with Crippen molar-refractivity contribution in [2.24, 2.45) is 0 Å². The first kappa shape index (κ1) is 25.3. The predicted octanol–water partition coefficient (Wildman–Crippen LogP) is -0.779. The summed E-state index contributed by atoms with van der Waals surface area (Å²) >= 11 is 0. The molecule has 1 heterocycles. The quantitative estimate of drug-likeness (QED) is 0.379. The highest BCUT2D eigenvalue weighted by Crippen LogP contribution is 2.28. The van der Waals surface area contributed by atoms with Crippen LogP contribution < -0.4 is 5.32 Å². The van der Waals surface area contributed by atoms with Crippen LogP contribution in [-0.2, 0) is 52.4 Å². The number of carbonyl (C=O) groups excluding carboxylic acids is 5. The van der Waals surface area contributed by atoms with Gasteiger partial charge in [-0.3, -0.25) is 19.2 Å². The van der Waals surface area contributed by atoms with Gasteiger partial charge < -0.3 is 33.7 Å². The SMILES string of the molecule is COC(=O)[C@@H](C)O[C@@H]1[C@@H](NC(C)=O)[C@@H](OC(C)=O)O[C@H](COC(C)=O)[C@H]1OC(C)=O. The summed E-state index contributed by atoms with van der Waals surface area (Å²) in [7, 11) is 1.16. The zero-order valence-corrected chi connectivity index (χ0v) is 17.7. The highest BCUT2D eigenvalue weighted by molar-refractivity contribution is 5.74. The summed E-state index contributed by atoms with van der Waals surface area (Å²) < 4.78 is 31.4. The Kier molecular flexibility index (Phi) is 9.66. The van der Waals surface area contributed by atoms with E-state index in [9.17, 15) is 24.0 Å². The fraction of sp³-hybridized carbons (Fsp3) is 0.722. The molecule has 1 saturated heterocycles. The number of amides is 1. The van der Waals surface area contributed by atoms with E-state index in [0.29, 0.717) is 0 Å². The predicted molar refractivity (Wildman–Crippen MR) is 96.6 cm³/mol. The molecule has 1 amide bonds. The molecule has 0 saturated carbocycles. The van der Waals surface area contributed by atoms with Crippen molar-refractivity contribution < 1.29 is 52.4 Å². The van der Waals surface area contributed by atoms with E-state index < -0.39 is 66.5 Å². The monoisotopic (exact) mass is 433 g/mol. The molecule has 0 bridgehead atoms. The maximum absolute atomic E-state index is 11.9. The van der Waals surface area contributed by atoms with Gasteiger partial charge in [0.25, 0.3) is 0 Å². The number of rotatable bonds is 8. The Balaban J connectivity index is 3.37. The summed E-state index contributed by atoms with van der Waals surface area (Å²) in [5.41, 5.74) is 0. The first-order chi connectivity index (χ1) is 14.0. The summed E-state index contributed by atoms with van der Waals surface area (Å²) in [6.45, 7) is 5.65. The molecule has 1 aliphatic rings. The standard InChI is InChI=1S/C18H27NO11/c1-8(17(24)25-6)27-16-14(19-9(2)20)18(29-12(5)23)30-13(7-26-10(3)21)15(16)28-11(4)22/h8,13-16,18H,7H2,1-6H3,(H,19,20)/t8-,13-,14-,15-,16-,18+/m1/s1. The first-order valence-electron chi connectivity index (χ1n) is 9.09. The zero-order chi connectivity index (χ0) is 23.0. The van der Waals surface area contributed by atoms with Crippen LogP contribution in [0.25, 0.3) is 0 Å². The molecule has 0 aromatic carbocycles. The molecule has 1 rings (SSSR count). The van der Waals surface area contributed by atoms with E-state index in [-0.39, 0.29) is 6.61 Å². The van der Waals surface area contributed by atoms with E-state index >= 15 is 0 Å². The van der Waals surface area contributed by atoms with Crippen LogP contribution in [0.1, 0.15) is 34.6 Å². The summed E-state index contributed by atoms with van der Waals surface area (Å²) in [6, 6.07) is -1.16. The van der Waals surface area contributed by atoms with Crippen molar-refractivity contribution in [2.45, 2.75) is 71.4 Å². The van der Waals surface area contributed by atoms with Gasteiger partial charge in [-0.05, 0) is 6.92 Å². The van der Waals surface area contributed by atoms with Gasteiger partial charge in [-0.2, -0.15) is 0 Å². The van der Waals surface area contributed by atoms with E-state index in [1.807, 2.05) is 0 Å². The second-order valence-electron chi connectivity index (χ2n) is 6.52. The normalized spacial score (nSPS) is 26.7.